The molecule has 0 bridgehead atoms. The van der Waals surface area contributed by atoms with Gasteiger partial charge in [0.1, 0.15) is 12.4 Å². The summed E-state index contributed by atoms with van der Waals surface area (Å²) in [7, 11) is 0. The van der Waals surface area contributed by atoms with Gasteiger partial charge in [0.2, 0.25) is 6.79 Å². The molecular formula is C22H25NO6. The number of hydrogen-bond acceptors (Lipinski definition) is 6. The monoisotopic (exact) mass is 399 g/mol. The van der Waals surface area contributed by atoms with Gasteiger partial charge >= 0.3 is 5.97 Å². The smallest absolute Gasteiger partial charge is 0.338 e. The summed E-state index contributed by atoms with van der Waals surface area (Å²) < 4.78 is 21.0. The number of amides is 1. The van der Waals surface area contributed by atoms with Crippen LogP contribution < -0.4 is 19.5 Å². The second kappa shape index (κ2) is 8.86. The number of esters is 1. The molecule has 2 aromatic rings. The Labute approximate surface area is 169 Å². The van der Waals surface area contributed by atoms with Crippen LogP contribution in [0.1, 0.15) is 36.7 Å². The summed E-state index contributed by atoms with van der Waals surface area (Å²) in [4.78, 5) is 23.9. The van der Waals surface area contributed by atoms with Crippen molar-refractivity contribution in [2.75, 3.05) is 26.6 Å². The van der Waals surface area contributed by atoms with Gasteiger partial charge in [0.15, 0.2) is 18.1 Å². The molecule has 154 valence electrons. The van der Waals surface area contributed by atoms with Gasteiger partial charge in [-0.3, -0.25) is 4.79 Å². The average molecular weight is 399 g/mol. The minimum Gasteiger partial charge on any atom is -0.492 e. The van der Waals surface area contributed by atoms with E-state index in [0.29, 0.717) is 30.2 Å². The van der Waals surface area contributed by atoms with Crippen LogP contribution in [0.15, 0.2) is 42.5 Å². The molecule has 29 heavy (non-hydrogen) atoms. The molecule has 0 fully saturated rings. The third kappa shape index (κ3) is 5.63. The fourth-order valence-corrected chi connectivity index (χ4v) is 2.70. The molecule has 0 aliphatic carbocycles. The van der Waals surface area contributed by atoms with E-state index in [2.05, 4.69) is 26.1 Å². The standard InChI is InChI=1S/C22H25NO6/c1-22(2,3)16-5-7-17(8-6-16)26-11-10-23-20(24)13-27-21(25)15-4-9-18-19(12-15)29-14-28-18/h4-9,12H,10-11,13-14H2,1-3H3,(H,23,24). The number of nitrogens with one attached hydrogen (secondary N) is 1. The van der Waals surface area contributed by atoms with Crippen molar-refractivity contribution in [3.63, 3.8) is 0 Å². The Balaban J connectivity index is 1.35. The fourth-order valence-electron chi connectivity index (χ4n) is 2.70. The van der Waals surface area contributed by atoms with Gasteiger partial charge in [0.25, 0.3) is 5.91 Å². The molecule has 1 N–H and O–H groups in total. The zero-order valence-corrected chi connectivity index (χ0v) is 16.8. The maximum absolute atomic E-state index is 12.0. The molecule has 7 nitrogen and oxygen atoms in total. The number of carbonyl (C=O) groups excluding carboxylic acids is 2. The van der Waals surface area contributed by atoms with Crippen molar-refractivity contribution < 1.29 is 28.5 Å². The third-order valence-electron chi connectivity index (χ3n) is 4.36. The molecule has 0 spiro atoms. The lowest BCUT2D eigenvalue weighted by Crippen LogP contribution is -2.32. The topological polar surface area (TPSA) is 83.1 Å². The van der Waals surface area contributed by atoms with Gasteiger partial charge in [0.05, 0.1) is 12.1 Å². The molecule has 0 saturated heterocycles. The summed E-state index contributed by atoms with van der Waals surface area (Å²) in [5.74, 6) is 0.796. The number of fused-ring (bicyclic) bond motifs is 1. The molecule has 1 aliphatic rings. The predicted molar refractivity (Wildman–Crippen MR) is 106 cm³/mol. The molecule has 0 aromatic heterocycles. The normalized spacial score (nSPS) is 12.4. The van der Waals surface area contributed by atoms with E-state index in [1.54, 1.807) is 12.1 Å². The molecular weight excluding hydrogens is 374 g/mol. The van der Waals surface area contributed by atoms with Crippen LogP contribution in [0.25, 0.3) is 0 Å². The highest BCUT2D eigenvalue weighted by atomic mass is 16.7. The number of ether oxygens (including phenoxy) is 4. The van der Waals surface area contributed by atoms with Gasteiger partial charge in [-0.2, -0.15) is 0 Å². The van der Waals surface area contributed by atoms with Crippen LogP contribution in [0.5, 0.6) is 17.2 Å². The SMILES string of the molecule is CC(C)(C)c1ccc(OCCNC(=O)COC(=O)c2ccc3c(c2)OCO3)cc1. The van der Waals surface area contributed by atoms with Crippen molar-refractivity contribution in [1.29, 1.82) is 0 Å². The molecule has 1 heterocycles. The Morgan fingerprint density at radius 3 is 2.48 bits per heavy atom. The zero-order valence-electron chi connectivity index (χ0n) is 16.8. The summed E-state index contributed by atoms with van der Waals surface area (Å²) >= 11 is 0. The summed E-state index contributed by atoms with van der Waals surface area (Å²) in [6.45, 7) is 6.83. The van der Waals surface area contributed by atoms with E-state index in [-0.39, 0.29) is 18.8 Å². The maximum Gasteiger partial charge on any atom is 0.338 e. The highest BCUT2D eigenvalue weighted by molar-refractivity contribution is 5.92. The van der Waals surface area contributed by atoms with Crippen LogP contribution in [0.4, 0.5) is 0 Å². The van der Waals surface area contributed by atoms with Crippen molar-refractivity contribution in [3.8, 4) is 17.2 Å². The number of hydrogen-bond donors (Lipinski definition) is 1. The van der Waals surface area contributed by atoms with Crippen LogP contribution in [-0.2, 0) is 14.9 Å². The number of carbonyl (C=O) groups is 2. The second-order valence-electron chi connectivity index (χ2n) is 7.62. The Kier molecular flexibility index (Phi) is 6.26. The van der Waals surface area contributed by atoms with Gasteiger partial charge in [-0.05, 0) is 41.3 Å². The van der Waals surface area contributed by atoms with Crippen LogP contribution in [0, 0.1) is 0 Å². The molecule has 0 radical (unpaired) electrons. The van der Waals surface area contributed by atoms with Crippen molar-refractivity contribution >= 4 is 11.9 Å². The van der Waals surface area contributed by atoms with Crippen LogP contribution in [0.3, 0.4) is 0 Å². The van der Waals surface area contributed by atoms with E-state index in [9.17, 15) is 9.59 Å². The van der Waals surface area contributed by atoms with E-state index in [1.165, 1.54) is 11.6 Å². The Morgan fingerprint density at radius 2 is 1.76 bits per heavy atom. The summed E-state index contributed by atoms with van der Waals surface area (Å²) in [5, 5.41) is 2.65. The van der Waals surface area contributed by atoms with Crippen LogP contribution in [0.2, 0.25) is 0 Å². The molecule has 7 heteroatoms. The largest absolute Gasteiger partial charge is 0.492 e. The van der Waals surface area contributed by atoms with Crippen molar-refractivity contribution in [2.24, 2.45) is 0 Å². The first kappa shape index (κ1) is 20.5. The molecule has 0 unspecified atom stereocenters. The lowest BCUT2D eigenvalue weighted by Gasteiger charge is -2.19. The van der Waals surface area contributed by atoms with Gasteiger partial charge in [-0.1, -0.05) is 32.9 Å². The van der Waals surface area contributed by atoms with Gasteiger partial charge < -0.3 is 24.3 Å². The first-order valence-corrected chi connectivity index (χ1v) is 9.40. The summed E-state index contributed by atoms with van der Waals surface area (Å²) in [5.41, 5.74) is 1.61. The Bertz CT molecular complexity index is 870. The van der Waals surface area contributed by atoms with Crippen molar-refractivity contribution in [1.82, 2.24) is 5.32 Å². The first-order chi connectivity index (χ1) is 13.8. The lowest BCUT2D eigenvalue weighted by molar-refractivity contribution is -0.124. The molecule has 1 amide bonds. The van der Waals surface area contributed by atoms with E-state index in [0.717, 1.165) is 5.75 Å². The van der Waals surface area contributed by atoms with E-state index in [4.69, 9.17) is 18.9 Å². The zero-order chi connectivity index (χ0) is 20.9. The van der Waals surface area contributed by atoms with Crippen LogP contribution >= 0.6 is 0 Å². The average Bonchev–Trinajstić information content (AvgIpc) is 3.17. The number of benzene rings is 2. The summed E-state index contributed by atoms with van der Waals surface area (Å²) in [6.07, 6.45) is 0. The highest BCUT2D eigenvalue weighted by Gasteiger charge is 2.17. The number of rotatable bonds is 7. The van der Waals surface area contributed by atoms with Crippen molar-refractivity contribution in [3.05, 3.63) is 53.6 Å². The maximum atomic E-state index is 12.0. The van der Waals surface area contributed by atoms with E-state index >= 15 is 0 Å². The Hall–Kier alpha value is -3.22. The lowest BCUT2D eigenvalue weighted by atomic mass is 9.87. The molecule has 3 rings (SSSR count). The minimum absolute atomic E-state index is 0.0878. The molecule has 0 saturated carbocycles. The molecule has 2 aromatic carbocycles. The van der Waals surface area contributed by atoms with Crippen molar-refractivity contribution in [2.45, 2.75) is 26.2 Å². The highest BCUT2D eigenvalue weighted by Crippen LogP contribution is 2.32. The van der Waals surface area contributed by atoms with E-state index in [1.807, 2.05) is 24.3 Å². The molecule has 1 aliphatic heterocycles. The predicted octanol–water partition coefficient (Wildman–Crippen LogP) is 3.06. The fraction of sp³-hybridized carbons (Fsp3) is 0.364. The Morgan fingerprint density at radius 1 is 1.03 bits per heavy atom. The second-order valence-corrected chi connectivity index (χ2v) is 7.62. The third-order valence-corrected chi connectivity index (χ3v) is 4.36. The minimum atomic E-state index is -0.603. The van der Waals surface area contributed by atoms with Gasteiger partial charge in [0, 0.05) is 0 Å². The van der Waals surface area contributed by atoms with Gasteiger partial charge in [-0.15, -0.1) is 0 Å². The van der Waals surface area contributed by atoms with Crippen LogP contribution in [-0.4, -0.2) is 38.4 Å². The summed E-state index contributed by atoms with van der Waals surface area (Å²) in [6, 6.07) is 12.6. The quantitative estimate of drug-likeness (QED) is 0.569. The van der Waals surface area contributed by atoms with Gasteiger partial charge in [-0.25, -0.2) is 4.79 Å². The first-order valence-electron chi connectivity index (χ1n) is 9.40. The molecule has 0 atom stereocenters. The van der Waals surface area contributed by atoms with E-state index < -0.39 is 11.9 Å².